The Morgan fingerprint density at radius 3 is 2.67 bits per heavy atom. The summed E-state index contributed by atoms with van der Waals surface area (Å²) < 4.78 is 25.8. The number of hydrogen-bond acceptors (Lipinski definition) is 3. The van der Waals surface area contributed by atoms with Crippen LogP contribution in [0.15, 0.2) is 18.2 Å². The zero-order valence-electron chi connectivity index (χ0n) is 10.5. The molecule has 0 aliphatic carbocycles. The van der Waals surface area contributed by atoms with E-state index < -0.39 is 10.0 Å². The van der Waals surface area contributed by atoms with E-state index in [0.717, 1.165) is 5.56 Å². The van der Waals surface area contributed by atoms with Crippen molar-refractivity contribution in [1.29, 1.82) is 0 Å². The minimum Gasteiger partial charge on any atom is -0.384 e. The quantitative estimate of drug-likeness (QED) is 0.812. The van der Waals surface area contributed by atoms with Crippen LogP contribution in [0.2, 0.25) is 0 Å². The van der Waals surface area contributed by atoms with Crippen LogP contribution in [0.4, 0.5) is 5.69 Å². The smallest absolute Gasteiger partial charge is 0.232 e. The summed E-state index contributed by atoms with van der Waals surface area (Å²) in [6, 6.07) is 5.24. The first-order chi connectivity index (χ1) is 8.46. The maximum atomic E-state index is 11.6. The molecule has 0 aromatic heterocycles. The molecule has 2 N–H and O–H groups in total. The lowest BCUT2D eigenvalue weighted by Gasteiger charge is -2.08. The van der Waals surface area contributed by atoms with Crippen LogP contribution in [0, 0.1) is 18.8 Å². The van der Waals surface area contributed by atoms with Crippen LogP contribution < -0.4 is 4.72 Å². The molecule has 0 fully saturated rings. The number of aliphatic hydroxyl groups excluding tert-OH is 1. The van der Waals surface area contributed by atoms with Crippen LogP contribution in [0.5, 0.6) is 0 Å². The molecule has 4 nitrogen and oxygen atoms in total. The molecular weight excluding hydrogens is 250 g/mol. The van der Waals surface area contributed by atoms with Gasteiger partial charge in [0.1, 0.15) is 6.61 Å². The van der Waals surface area contributed by atoms with Crippen molar-refractivity contribution in [3.05, 3.63) is 29.3 Å². The number of aryl methyl sites for hydroxylation is 1. The average Bonchev–Trinajstić information content (AvgIpc) is 2.24. The second-order valence-corrected chi connectivity index (χ2v) is 5.81. The summed E-state index contributed by atoms with van der Waals surface area (Å²) >= 11 is 0. The van der Waals surface area contributed by atoms with E-state index in [4.69, 9.17) is 5.11 Å². The number of anilines is 1. The van der Waals surface area contributed by atoms with Crippen molar-refractivity contribution in [2.75, 3.05) is 17.1 Å². The summed E-state index contributed by atoms with van der Waals surface area (Å²) in [4.78, 5) is 0. The van der Waals surface area contributed by atoms with Crippen molar-refractivity contribution in [2.24, 2.45) is 0 Å². The Bertz CT molecular complexity index is 568. The van der Waals surface area contributed by atoms with Crippen molar-refractivity contribution in [3.8, 4) is 11.8 Å². The molecule has 0 bridgehead atoms. The Kier molecular flexibility index (Phi) is 5.20. The molecule has 0 aliphatic rings. The van der Waals surface area contributed by atoms with Gasteiger partial charge in [-0.2, -0.15) is 0 Å². The van der Waals surface area contributed by atoms with Gasteiger partial charge in [-0.25, -0.2) is 8.42 Å². The van der Waals surface area contributed by atoms with Crippen LogP contribution in [0.25, 0.3) is 0 Å². The largest absolute Gasteiger partial charge is 0.384 e. The van der Waals surface area contributed by atoms with Crippen molar-refractivity contribution >= 4 is 15.7 Å². The number of hydrogen-bond donors (Lipinski definition) is 2. The zero-order chi connectivity index (χ0) is 13.6. The molecule has 0 saturated heterocycles. The first kappa shape index (κ1) is 14.6. The van der Waals surface area contributed by atoms with Crippen LogP contribution in [0.3, 0.4) is 0 Å². The highest BCUT2D eigenvalue weighted by atomic mass is 32.2. The number of rotatable bonds is 4. The van der Waals surface area contributed by atoms with Gasteiger partial charge in [-0.15, -0.1) is 0 Å². The Labute approximate surface area is 108 Å². The predicted molar refractivity (Wildman–Crippen MR) is 72.8 cm³/mol. The van der Waals surface area contributed by atoms with Crippen LogP contribution in [-0.2, 0) is 10.0 Å². The molecule has 0 unspecified atom stereocenters. The third-order valence-corrected chi connectivity index (χ3v) is 3.63. The van der Waals surface area contributed by atoms with E-state index in [9.17, 15) is 8.42 Å². The monoisotopic (exact) mass is 267 g/mol. The Morgan fingerprint density at radius 2 is 2.06 bits per heavy atom. The van der Waals surface area contributed by atoms with Gasteiger partial charge in [0.05, 0.1) is 5.75 Å². The summed E-state index contributed by atoms with van der Waals surface area (Å²) in [5.74, 6) is 5.39. The van der Waals surface area contributed by atoms with Gasteiger partial charge in [0.2, 0.25) is 10.0 Å². The van der Waals surface area contributed by atoms with Gasteiger partial charge in [-0.3, -0.25) is 4.72 Å². The van der Waals surface area contributed by atoms with Crippen molar-refractivity contribution < 1.29 is 13.5 Å². The highest BCUT2D eigenvalue weighted by Crippen LogP contribution is 2.15. The Morgan fingerprint density at radius 1 is 1.33 bits per heavy atom. The van der Waals surface area contributed by atoms with Gasteiger partial charge < -0.3 is 5.11 Å². The van der Waals surface area contributed by atoms with Crippen LogP contribution >= 0.6 is 0 Å². The third kappa shape index (κ3) is 4.78. The third-order valence-electron chi connectivity index (χ3n) is 2.14. The van der Waals surface area contributed by atoms with Gasteiger partial charge in [0.15, 0.2) is 0 Å². The van der Waals surface area contributed by atoms with Gasteiger partial charge in [0, 0.05) is 11.3 Å². The molecule has 0 aliphatic heterocycles. The minimum atomic E-state index is -3.29. The molecule has 1 aromatic carbocycles. The van der Waals surface area contributed by atoms with Crippen LogP contribution in [0.1, 0.15) is 24.5 Å². The summed E-state index contributed by atoms with van der Waals surface area (Å²) in [5, 5.41) is 8.64. The summed E-state index contributed by atoms with van der Waals surface area (Å²) in [5.41, 5.74) is 2.10. The van der Waals surface area contributed by atoms with Gasteiger partial charge in [0.25, 0.3) is 0 Å². The molecule has 18 heavy (non-hydrogen) atoms. The van der Waals surface area contributed by atoms with E-state index in [0.29, 0.717) is 17.7 Å². The second-order valence-electron chi connectivity index (χ2n) is 3.97. The fraction of sp³-hybridized carbons (Fsp3) is 0.385. The molecule has 1 aromatic rings. The maximum Gasteiger partial charge on any atom is 0.232 e. The predicted octanol–water partition coefficient (Wildman–Crippen LogP) is 1.49. The molecule has 0 atom stereocenters. The van der Waals surface area contributed by atoms with Gasteiger partial charge in [-0.05, 0) is 37.1 Å². The zero-order valence-corrected chi connectivity index (χ0v) is 11.3. The van der Waals surface area contributed by atoms with Gasteiger partial charge in [-0.1, -0.05) is 18.8 Å². The number of benzene rings is 1. The van der Waals surface area contributed by atoms with E-state index in [1.54, 1.807) is 12.1 Å². The lowest BCUT2D eigenvalue weighted by Crippen LogP contribution is -2.16. The van der Waals surface area contributed by atoms with Crippen LogP contribution in [-0.4, -0.2) is 25.9 Å². The standard InChI is InChI=1S/C13H17NO3S/c1-3-7-18(16,17)14-13-9-11(2)8-12(10-13)5-4-6-15/h8-10,14-15H,3,6-7H2,1-2H3. The van der Waals surface area contributed by atoms with Crippen molar-refractivity contribution in [3.63, 3.8) is 0 Å². The Hall–Kier alpha value is -1.51. The molecule has 0 spiro atoms. The fourth-order valence-corrected chi connectivity index (χ4v) is 2.67. The maximum absolute atomic E-state index is 11.6. The molecule has 0 radical (unpaired) electrons. The lowest BCUT2D eigenvalue weighted by molar-refractivity contribution is 0.350. The highest BCUT2D eigenvalue weighted by Gasteiger charge is 2.09. The fourth-order valence-electron chi connectivity index (χ4n) is 1.56. The Balaban J connectivity index is 3.00. The lowest BCUT2D eigenvalue weighted by atomic mass is 10.1. The van der Waals surface area contributed by atoms with E-state index in [-0.39, 0.29) is 12.4 Å². The first-order valence-electron chi connectivity index (χ1n) is 5.69. The number of sulfonamides is 1. The SMILES string of the molecule is CCCS(=O)(=O)Nc1cc(C)cc(C#CCO)c1. The molecule has 0 amide bonds. The van der Waals surface area contributed by atoms with E-state index >= 15 is 0 Å². The molecule has 1 rings (SSSR count). The molecule has 0 heterocycles. The summed E-state index contributed by atoms with van der Waals surface area (Å²) in [6.45, 7) is 3.46. The second kappa shape index (κ2) is 6.43. The summed E-state index contributed by atoms with van der Waals surface area (Å²) in [7, 11) is -3.29. The molecule has 98 valence electrons. The van der Waals surface area contributed by atoms with E-state index in [2.05, 4.69) is 16.6 Å². The highest BCUT2D eigenvalue weighted by molar-refractivity contribution is 7.92. The number of nitrogens with one attached hydrogen (secondary N) is 1. The molecule has 0 saturated carbocycles. The minimum absolute atomic E-state index is 0.0958. The summed E-state index contributed by atoms with van der Waals surface area (Å²) in [6.07, 6.45) is 0.568. The van der Waals surface area contributed by atoms with Crippen molar-refractivity contribution in [1.82, 2.24) is 0 Å². The van der Waals surface area contributed by atoms with Gasteiger partial charge >= 0.3 is 0 Å². The van der Waals surface area contributed by atoms with E-state index in [1.165, 1.54) is 0 Å². The molecule has 5 heteroatoms. The average molecular weight is 267 g/mol. The topological polar surface area (TPSA) is 66.4 Å². The normalized spacial score (nSPS) is 10.6. The first-order valence-corrected chi connectivity index (χ1v) is 7.34. The number of aliphatic hydroxyl groups is 1. The van der Waals surface area contributed by atoms with E-state index in [1.807, 2.05) is 19.9 Å². The van der Waals surface area contributed by atoms with Crippen molar-refractivity contribution in [2.45, 2.75) is 20.3 Å². The molecular formula is C13H17NO3S.